The molecule has 0 fully saturated rings. The van der Waals surface area contributed by atoms with Gasteiger partial charge in [0.1, 0.15) is 0 Å². The molecule has 0 N–H and O–H groups in total. The summed E-state index contributed by atoms with van der Waals surface area (Å²) in [6.45, 7) is 4.29. The molecule has 6 heteroatoms. The lowest BCUT2D eigenvalue weighted by atomic mass is 10.1. The minimum absolute atomic E-state index is 0.159. The molecule has 0 aliphatic heterocycles. The molecule has 128 valence electrons. The quantitative estimate of drug-likeness (QED) is 0.647. The first kappa shape index (κ1) is 16.8. The van der Waals surface area contributed by atoms with E-state index in [1.807, 2.05) is 38.1 Å². The van der Waals surface area contributed by atoms with Crippen molar-refractivity contribution in [1.29, 1.82) is 0 Å². The van der Waals surface area contributed by atoms with Crippen molar-refractivity contribution in [3.05, 3.63) is 65.7 Å². The average Bonchev–Trinajstić information content (AvgIpc) is 3.09. The highest BCUT2D eigenvalue weighted by atomic mass is 16.5. The van der Waals surface area contributed by atoms with Crippen LogP contribution >= 0.6 is 0 Å². The minimum Gasteiger partial charge on any atom is -0.459 e. The summed E-state index contributed by atoms with van der Waals surface area (Å²) in [6.07, 6.45) is 0.672. The largest absolute Gasteiger partial charge is 0.459 e. The number of tetrazole rings is 1. The summed E-state index contributed by atoms with van der Waals surface area (Å²) in [4.78, 5) is 13.6. The minimum atomic E-state index is -0.353. The lowest BCUT2D eigenvalue weighted by molar-refractivity contribution is 0.0378. The van der Waals surface area contributed by atoms with Gasteiger partial charge in [0.15, 0.2) is 0 Å². The summed E-state index contributed by atoms with van der Waals surface area (Å²) in [5, 5.41) is 12.6. The van der Waals surface area contributed by atoms with Crippen LogP contribution in [-0.4, -0.2) is 32.3 Å². The molecule has 3 rings (SSSR count). The molecule has 0 unspecified atom stereocenters. The number of aryl methyl sites for hydroxylation is 2. The average molecular weight is 336 g/mol. The molecule has 3 aromatic rings. The zero-order valence-electron chi connectivity index (χ0n) is 14.3. The maximum Gasteiger partial charge on any atom is 0.338 e. The summed E-state index contributed by atoms with van der Waals surface area (Å²) in [5.74, 6) is 0.139. The molecule has 0 aliphatic rings. The molecule has 0 saturated heterocycles. The highest BCUT2D eigenvalue weighted by Gasteiger charge is 2.12. The highest BCUT2D eigenvalue weighted by Crippen LogP contribution is 2.16. The smallest absolute Gasteiger partial charge is 0.338 e. The predicted molar refractivity (Wildman–Crippen MR) is 94.0 cm³/mol. The molecular weight excluding hydrogens is 316 g/mol. The molecule has 0 aliphatic carbocycles. The van der Waals surface area contributed by atoms with Gasteiger partial charge in [0, 0.05) is 5.56 Å². The summed E-state index contributed by atoms with van der Waals surface area (Å²) in [6, 6.07) is 17.2. The monoisotopic (exact) mass is 336 g/mol. The number of nitrogens with zero attached hydrogens (tertiary/aromatic N) is 4. The Labute approximate surface area is 146 Å². The number of hydrogen-bond acceptors (Lipinski definition) is 5. The van der Waals surface area contributed by atoms with Crippen molar-refractivity contribution in [2.75, 3.05) is 0 Å². The van der Waals surface area contributed by atoms with Gasteiger partial charge in [-0.1, -0.05) is 42.5 Å². The molecule has 0 atom stereocenters. The van der Waals surface area contributed by atoms with Crippen LogP contribution in [0.2, 0.25) is 0 Å². The van der Waals surface area contributed by atoms with Crippen molar-refractivity contribution in [1.82, 2.24) is 20.2 Å². The molecule has 0 amide bonds. The number of ether oxygens (including phenoxy) is 1. The Hall–Kier alpha value is -3.02. The van der Waals surface area contributed by atoms with Crippen molar-refractivity contribution in [2.24, 2.45) is 0 Å². The Bertz CT molecular complexity index is 843. The molecule has 0 radical (unpaired) electrons. The maximum absolute atomic E-state index is 12.0. The van der Waals surface area contributed by atoms with E-state index in [0.29, 0.717) is 17.9 Å². The van der Waals surface area contributed by atoms with E-state index in [9.17, 15) is 4.79 Å². The number of rotatable bonds is 6. The first-order valence-electron chi connectivity index (χ1n) is 8.25. The van der Waals surface area contributed by atoms with Gasteiger partial charge in [-0.25, -0.2) is 4.79 Å². The van der Waals surface area contributed by atoms with E-state index in [0.717, 1.165) is 12.0 Å². The molecule has 2 aromatic carbocycles. The maximum atomic E-state index is 12.0. The van der Waals surface area contributed by atoms with Crippen LogP contribution in [0.4, 0.5) is 0 Å². The Balaban J connectivity index is 1.70. The lowest BCUT2D eigenvalue weighted by Gasteiger charge is -2.08. The van der Waals surface area contributed by atoms with Crippen molar-refractivity contribution >= 4 is 5.97 Å². The standard InChI is InChI=1S/C19H20N4O2/c1-14(2)25-19(24)17-10-6-9-16(13-17)18-20-22-23(21-18)12-11-15-7-4-3-5-8-15/h3-10,13-14H,11-12H2,1-2H3. The fourth-order valence-electron chi connectivity index (χ4n) is 2.39. The van der Waals surface area contributed by atoms with Gasteiger partial charge in [-0.3, -0.25) is 0 Å². The van der Waals surface area contributed by atoms with E-state index < -0.39 is 0 Å². The molecule has 6 nitrogen and oxygen atoms in total. The van der Waals surface area contributed by atoms with Crippen LogP contribution in [0.5, 0.6) is 0 Å². The van der Waals surface area contributed by atoms with Gasteiger partial charge in [-0.15, -0.1) is 10.2 Å². The zero-order chi connectivity index (χ0) is 17.6. The number of esters is 1. The molecule has 1 aromatic heterocycles. The normalized spacial score (nSPS) is 10.8. The van der Waals surface area contributed by atoms with Crippen molar-refractivity contribution in [3.8, 4) is 11.4 Å². The van der Waals surface area contributed by atoms with Crippen LogP contribution in [0.25, 0.3) is 11.4 Å². The second-order valence-electron chi connectivity index (χ2n) is 5.98. The highest BCUT2D eigenvalue weighted by molar-refractivity contribution is 5.90. The van der Waals surface area contributed by atoms with Gasteiger partial charge in [0.25, 0.3) is 0 Å². The van der Waals surface area contributed by atoms with Gasteiger partial charge in [0.05, 0.1) is 18.2 Å². The van der Waals surface area contributed by atoms with Gasteiger partial charge in [-0.2, -0.15) is 4.80 Å². The van der Waals surface area contributed by atoms with Crippen molar-refractivity contribution in [3.63, 3.8) is 0 Å². The van der Waals surface area contributed by atoms with E-state index in [4.69, 9.17) is 4.74 Å². The third-order valence-corrected chi connectivity index (χ3v) is 3.60. The summed E-state index contributed by atoms with van der Waals surface area (Å²) >= 11 is 0. The number of benzene rings is 2. The van der Waals surface area contributed by atoms with Crippen LogP contribution in [0.1, 0.15) is 29.8 Å². The SMILES string of the molecule is CC(C)OC(=O)c1cccc(-c2nnn(CCc3ccccc3)n2)c1. The van der Waals surface area contributed by atoms with Gasteiger partial charge >= 0.3 is 5.97 Å². The van der Waals surface area contributed by atoms with E-state index >= 15 is 0 Å². The first-order valence-corrected chi connectivity index (χ1v) is 8.25. The van der Waals surface area contributed by atoms with Gasteiger partial charge in [0.2, 0.25) is 5.82 Å². The molecule has 0 saturated carbocycles. The molecule has 25 heavy (non-hydrogen) atoms. The van der Waals surface area contributed by atoms with Gasteiger partial charge in [-0.05, 0) is 43.2 Å². The third-order valence-electron chi connectivity index (χ3n) is 3.60. The van der Waals surface area contributed by atoms with E-state index in [1.54, 1.807) is 23.0 Å². The third kappa shape index (κ3) is 4.50. The first-order chi connectivity index (χ1) is 12.1. The Morgan fingerprint density at radius 1 is 1.12 bits per heavy atom. The summed E-state index contributed by atoms with van der Waals surface area (Å²) < 4.78 is 5.22. The van der Waals surface area contributed by atoms with E-state index in [1.165, 1.54) is 5.56 Å². The number of carbonyl (C=O) groups excluding carboxylic acids is 1. The topological polar surface area (TPSA) is 69.9 Å². The van der Waals surface area contributed by atoms with Crippen LogP contribution in [-0.2, 0) is 17.7 Å². The second kappa shape index (κ2) is 7.70. The van der Waals surface area contributed by atoms with Crippen LogP contribution in [0.3, 0.4) is 0 Å². The fourth-order valence-corrected chi connectivity index (χ4v) is 2.39. The Morgan fingerprint density at radius 3 is 2.68 bits per heavy atom. The van der Waals surface area contributed by atoms with Gasteiger partial charge < -0.3 is 4.74 Å². The zero-order valence-corrected chi connectivity index (χ0v) is 14.3. The fraction of sp³-hybridized carbons (Fsp3) is 0.263. The number of hydrogen-bond donors (Lipinski definition) is 0. The molecule has 1 heterocycles. The Morgan fingerprint density at radius 2 is 1.92 bits per heavy atom. The summed E-state index contributed by atoms with van der Waals surface area (Å²) in [5.41, 5.74) is 2.44. The number of carbonyl (C=O) groups is 1. The summed E-state index contributed by atoms with van der Waals surface area (Å²) in [7, 11) is 0. The Kier molecular flexibility index (Phi) is 5.18. The molecule has 0 spiro atoms. The van der Waals surface area contributed by atoms with Crippen LogP contribution in [0.15, 0.2) is 54.6 Å². The van der Waals surface area contributed by atoms with E-state index in [2.05, 4.69) is 27.5 Å². The van der Waals surface area contributed by atoms with Crippen LogP contribution in [0, 0.1) is 0 Å². The number of aromatic nitrogens is 4. The molecular formula is C19H20N4O2. The molecule has 0 bridgehead atoms. The lowest BCUT2D eigenvalue weighted by Crippen LogP contribution is -2.11. The van der Waals surface area contributed by atoms with Crippen molar-refractivity contribution in [2.45, 2.75) is 32.9 Å². The van der Waals surface area contributed by atoms with Crippen molar-refractivity contribution < 1.29 is 9.53 Å². The van der Waals surface area contributed by atoms with Crippen LogP contribution < -0.4 is 0 Å². The predicted octanol–water partition coefficient (Wildman–Crippen LogP) is 3.15. The second-order valence-corrected chi connectivity index (χ2v) is 5.98. The van der Waals surface area contributed by atoms with E-state index in [-0.39, 0.29) is 12.1 Å².